The van der Waals surface area contributed by atoms with Crippen molar-refractivity contribution in [2.24, 2.45) is 0 Å². The zero-order valence-electron chi connectivity index (χ0n) is 17.3. The second-order valence-electron chi connectivity index (χ2n) is 6.28. The molecule has 0 unspecified atom stereocenters. The predicted octanol–water partition coefficient (Wildman–Crippen LogP) is 1.76. The Morgan fingerprint density at radius 3 is 1.90 bits per heavy atom. The van der Waals surface area contributed by atoms with Crippen LogP contribution in [-0.2, 0) is 38.1 Å². The first-order chi connectivity index (χ1) is 13.6. The van der Waals surface area contributed by atoms with E-state index >= 15 is 0 Å². The molecule has 1 heterocycles. The van der Waals surface area contributed by atoms with Gasteiger partial charge in [0.15, 0.2) is 5.57 Å². The Morgan fingerprint density at radius 2 is 1.41 bits per heavy atom. The smallest absolute Gasteiger partial charge is 0.355 e. The summed E-state index contributed by atoms with van der Waals surface area (Å²) in [7, 11) is 2.20. The molecule has 1 aliphatic rings. The Hall–Kier alpha value is -3.36. The molecule has 0 bridgehead atoms. The molecule has 1 aliphatic heterocycles. The summed E-state index contributed by atoms with van der Waals surface area (Å²) in [5.41, 5.74) is -0.753. The van der Waals surface area contributed by atoms with Crippen molar-refractivity contribution in [3.05, 3.63) is 47.5 Å². The topological polar surface area (TPSA) is 108 Å². The first-order valence-corrected chi connectivity index (χ1v) is 8.80. The molecule has 0 aromatic carbocycles. The molecule has 0 N–H and O–H groups in total. The molecule has 0 saturated carbocycles. The van der Waals surface area contributed by atoms with Crippen LogP contribution in [-0.4, -0.2) is 55.2 Å². The summed E-state index contributed by atoms with van der Waals surface area (Å²) in [6, 6.07) is 0. The summed E-state index contributed by atoms with van der Waals surface area (Å²) in [6.07, 6.45) is 5.89. The van der Waals surface area contributed by atoms with Crippen LogP contribution < -0.4 is 0 Å². The lowest BCUT2D eigenvalue weighted by Crippen LogP contribution is -2.31. The fraction of sp³-hybridized carbons (Fsp3) is 0.400. The molecule has 9 heteroatoms. The number of hydrogen-bond donors (Lipinski definition) is 0. The lowest BCUT2D eigenvalue weighted by atomic mass is 10.1. The number of nitrogens with zero attached hydrogens (tertiary/aromatic N) is 1. The van der Waals surface area contributed by atoms with E-state index in [1.54, 1.807) is 33.8 Å². The number of rotatable bonds is 7. The van der Waals surface area contributed by atoms with Crippen LogP contribution in [0.25, 0.3) is 0 Å². The van der Waals surface area contributed by atoms with Crippen LogP contribution >= 0.6 is 0 Å². The van der Waals surface area contributed by atoms with Crippen LogP contribution in [0.15, 0.2) is 47.5 Å². The third-order valence-electron chi connectivity index (χ3n) is 3.31. The van der Waals surface area contributed by atoms with E-state index in [4.69, 9.17) is 9.47 Å². The fourth-order valence-electron chi connectivity index (χ4n) is 2.23. The van der Waals surface area contributed by atoms with Gasteiger partial charge in [-0.05, 0) is 39.8 Å². The summed E-state index contributed by atoms with van der Waals surface area (Å²) in [5.74, 6) is -3.60. The number of carbonyl (C=O) groups excluding carboxylic acids is 4. The van der Waals surface area contributed by atoms with E-state index in [0.29, 0.717) is 0 Å². The van der Waals surface area contributed by atoms with Crippen molar-refractivity contribution in [1.29, 1.82) is 0 Å². The van der Waals surface area contributed by atoms with Crippen molar-refractivity contribution in [1.82, 2.24) is 4.90 Å². The highest BCUT2D eigenvalue weighted by Gasteiger charge is 2.31. The molecule has 0 saturated heterocycles. The number of hydrogen-bond acceptors (Lipinski definition) is 9. The van der Waals surface area contributed by atoms with Gasteiger partial charge in [-0.25, -0.2) is 19.2 Å². The van der Waals surface area contributed by atoms with Gasteiger partial charge in [0.25, 0.3) is 0 Å². The van der Waals surface area contributed by atoms with Gasteiger partial charge in [0.2, 0.25) is 0 Å². The van der Waals surface area contributed by atoms with Gasteiger partial charge < -0.3 is 23.8 Å². The summed E-state index contributed by atoms with van der Waals surface area (Å²) in [4.78, 5) is 50.4. The van der Waals surface area contributed by atoms with Gasteiger partial charge in [0.05, 0.1) is 38.2 Å². The van der Waals surface area contributed by atoms with Crippen molar-refractivity contribution in [3.8, 4) is 0 Å². The van der Waals surface area contributed by atoms with E-state index in [1.165, 1.54) is 18.4 Å². The largest absolute Gasteiger partial charge is 0.465 e. The molecule has 0 aliphatic carbocycles. The molecule has 0 amide bonds. The molecule has 1 rings (SSSR count). The van der Waals surface area contributed by atoms with Gasteiger partial charge >= 0.3 is 23.9 Å². The summed E-state index contributed by atoms with van der Waals surface area (Å²) >= 11 is 0. The number of carbonyl (C=O) groups is 4. The van der Waals surface area contributed by atoms with E-state index in [2.05, 4.69) is 9.47 Å². The molecule has 0 aromatic rings. The minimum absolute atomic E-state index is 0.0319. The standard InChI is InChI=1S/C20H25NO8/c1-12(2)28-16(22)11-15(18(23)29-13(3)4)21-10-8-7-9-14(21)17(19(24)26-5)20(25)27-6/h7-13H,1-6H3. The van der Waals surface area contributed by atoms with Crippen molar-refractivity contribution in [2.75, 3.05) is 14.2 Å². The molecule has 0 aromatic heterocycles. The average Bonchev–Trinajstić information content (AvgIpc) is 2.65. The van der Waals surface area contributed by atoms with Crippen LogP contribution in [0.5, 0.6) is 0 Å². The van der Waals surface area contributed by atoms with Crippen LogP contribution in [0.3, 0.4) is 0 Å². The van der Waals surface area contributed by atoms with Gasteiger partial charge in [0.1, 0.15) is 5.70 Å². The predicted molar refractivity (Wildman–Crippen MR) is 102 cm³/mol. The highest BCUT2D eigenvalue weighted by molar-refractivity contribution is 6.15. The maximum Gasteiger partial charge on any atom is 0.355 e. The van der Waals surface area contributed by atoms with E-state index in [-0.39, 0.29) is 11.4 Å². The minimum Gasteiger partial charge on any atom is -0.465 e. The van der Waals surface area contributed by atoms with Crippen molar-refractivity contribution >= 4 is 23.9 Å². The van der Waals surface area contributed by atoms with E-state index in [9.17, 15) is 19.2 Å². The van der Waals surface area contributed by atoms with Crippen LogP contribution in [0.1, 0.15) is 27.7 Å². The zero-order valence-corrected chi connectivity index (χ0v) is 17.3. The molecule has 0 fully saturated rings. The molecular formula is C20H25NO8. The lowest BCUT2D eigenvalue weighted by molar-refractivity contribution is -0.146. The fourth-order valence-corrected chi connectivity index (χ4v) is 2.23. The van der Waals surface area contributed by atoms with Crippen LogP contribution in [0, 0.1) is 0 Å². The molecule has 0 spiro atoms. The zero-order chi connectivity index (χ0) is 22.1. The van der Waals surface area contributed by atoms with Crippen molar-refractivity contribution in [2.45, 2.75) is 39.9 Å². The molecule has 0 radical (unpaired) electrons. The quantitative estimate of drug-likeness (QED) is 0.205. The Bertz CT molecular complexity index is 768. The molecule has 29 heavy (non-hydrogen) atoms. The normalized spacial score (nSPS) is 13.4. The minimum atomic E-state index is -0.974. The molecular weight excluding hydrogens is 382 g/mol. The molecule has 0 atom stereocenters. The van der Waals surface area contributed by atoms with Crippen LogP contribution in [0.4, 0.5) is 0 Å². The van der Waals surface area contributed by atoms with Gasteiger partial charge in [-0.2, -0.15) is 0 Å². The highest BCUT2D eigenvalue weighted by Crippen LogP contribution is 2.25. The summed E-state index contributed by atoms with van der Waals surface area (Å²) in [6.45, 7) is 6.58. The van der Waals surface area contributed by atoms with E-state index < -0.39 is 41.7 Å². The third-order valence-corrected chi connectivity index (χ3v) is 3.31. The first kappa shape index (κ1) is 23.7. The highest BCUT2D eigenvalue weighted by atomic mass is 16.6. The second-order valence-corrected chi connectivity index (χ2v) is 6.28. The Morgan fingerprint density at radius 1 is 0.862 bits per heavy atom. The van der Waals surface area contributed by atoms with Crippen LogP contribution in [0.2, 0.25) is 0 Å². The Labute approximate surface area is 169 Å². The number of esters is 4. The monoisotopic (exact) mass is 407 g/mol. The summed E-state index contributed by atoms with van der Waals surface area (Å²) in [5, 5.41) is 0. The van der Waals surface area contributed by atoms with Gasteiger partial charge in [-0.1, -0.05) is 6.08 Å². The lowest BCUT2D eigenvalue weighted by Gasteiger charge is -2.27. The molecule has 9 nitrogen and oxygen atoms in total. The average molecular weight is 407 g/mol. The Balaban J connectivity index is 3.61. The second kappa shape index (κ2) is 10.8. The van der Waals surface area contributed by atoms with E-state index in [0.717, 1.165) is 25.2 Å². The van der Waals surface area contributed by atoms with Gasteiger partial charge in [-0.15, -0.1) is 0 Å². The maximum absolute atomic E-state index is 12.7. The van der Waals surface area contributed by atoms with Crippen molar-refractivity contribution in [3.63, 3.8) is 0 Å². The van der Waals surface area contributed by atoms with E-state index in [1.807, 2.05) is 0 Å². The third kappa shape index (κ3) is 6.63. The van der Waals surface area contributed by atoms with Gasteiger partial charge in [-0.3, -0.25) is 0 Å². The maximum atomic E-state index is 12.7. The number of methoxy groups -OCH3 is 2. The first-order valence-electron chi connectivity index (χ1n) is 8.80. The summed E-state index contributed by atoms with van der Waals surface area (Å²) < 4.78 is 19.6. The number of ether oxygens (including phenoxy) is 4. The molecule has 158 valence electrons. The van der Waals surface area contributed by atoms with Crippen molar-refractivity contribution < 1.29 is 38.1 Å². The SMILES string of the molecule is COC(=O)C(C(=O)OC)=C1C=CC=CN1C(=CC(=O)OC(C)C)C(=O)OC(C)C. The Kier molecular flexibility index (Phi) is 8.85. The number of allylic oxidation sites excluding steroid dienone is 3. The van der Waals surface area contributed by atoms with Gasteiger partial charge in [0, 0.05) is 6.20 Å².